The SMILES string of the molecule is C[C@@H](Sc1nc2scc(-c3ccccc3)c2c(=O)n1N)C(=O)NC1CCCC1. The zero-order chi connectivity index (χ0) is 19.7. The van der Waals surface area contributed by atoms with Crippen LogP contribution < -0.4 is 16.7 Å². The van der Waals surface area contributed by atoms with Crippen molar-refractivity contribution in [2.45, 2.75) is 49.1 Å². The fraction of sp³-hybridized carbons (Fsp3) is 0.350. The zero-order valence-corrected chi connectivity index (χ0v) is 17.2. The number of nitrogens with two attached hydrogens (primary N) is 1. The molecule has 0 aliphatic heterocycles. The predicted molar refractivity (Wildman–Crippen MR) is 115 cm³/mol. The average Bonchev–Trinajstić information content (AvgIpc) is 3.36. The predicted octanol–water partition coefficient (Wildman–Crippen LogP) is 3.38. The molecular weight excluding hydrogens is 392 g/mol. The second-order valence-corrected chi connectivity index (χ2v) is 9.18. The van der Waals surface area contributed by atoms with Gasteiger partial charge < -0.3 is 11.2 Å². The fourth-order valence-corrected chi connectivity index (χ4v) is 5.33. The Morgan fingerprint density at radius 2 is 2.04 bits per heavy atom. The molecule has 0 unspecified atom stereocenters. The third-order valence-corrected chi connectivity index (χ3v) is 6.98. The zero-order valence-electron chi connectivity index (χ0n) is 15.6. The van der Waals surface area contributed by atoms with Crippen LogP contribution in [-0.4, -0.2) is 26.9 Å². The second kappa shape index (κ2) is 7.97. The number of carbonyl (C=O) groups is 1. The Labute approximate surface area is 171 Å². The number of hydrogen-bond acceptors (Lipinski definition) is 6. The van der Waals surface area contributed by atoms with Gasteiger partial charge in [0.15, 0.2) is 5.16 Å². The second-order valence-electron chi connectivity index (χ2n) is 7.02. The van der Waals surface area contributed by atoms with E-state index in [0.29, 0.717) is 15.4 Å². The van der Waals surface area contributed by atoms with E-state index >= 15 is 0 Å². The molecule has 28 heavy (non-hydrogen) atoms. The van der Waals surface area contributed by atoms with Crippen molar-refractivity contribution in [3.8, 4) is 11.1 Å². The lowest BCUT2D eigenvalue weighted by molar-refractivity contribution is -0.120. The summed E-state index contributed by atoms with van der Waals surface area (Å²) in [6.07, 6.45) is 4.39. The highest BCUT2D eigenvalue weighted by atomic mass is 32.2. The summed E-state index contributed by atoms with van der Waals surface area (Å²) in [5.41, 5.74) is 1.49. The molecule has 4 rings (SSSR count). The van der Waals surface area contributed by atoms with E-state index in [1.165, 1.54) is 23.1 Å². The molecule has 1 aromatic carbocycles. The highest BCUT2D eigenvalue weighted by molar-refractivity contribution is 8.00. The Hall–Kier alpha value is -2.32. The number of thioether (sulfide) groups is 1. The van der Waals surface area contributed by atoms with E-state index in [1.54, 1.807) is 0 Å². The summed E-state index contributed by atoms with van der Waals surface area (Å²) < 4.78 is 1.06. The normalized spacial score (nSPS) is 15.8. The van der Waals surface area contributed by atoms with Gasteiger partial charge in [0.1, 0.15) is 4.83 Å². The van der Waals surface area contributed by atoms with Gasteiger partial charge in [0, 0.05) is 17.0 Å². The lowest BCUT2D eigenvalue weighted by Crippen LogP contribution is -2.38. The Balaban J connectivity index is 1.61. The molecule has 0 saturated heterocycles. The van der Waals surface area contributed by atoms with Crippen LogP contribution >= 0.6 is 23.1 Å². The maximum Gasteiger partial charge on any atom is 0.282 e. The van der Waals surface area contributed by atoms with Crippen LogP contribution in [0.25, 0.3) is 21.3 Å². The quantitative estimate of drug-likeness (QED) is 0.379. The molecule has 1 aliphatic rings. The fourth-order valence-electron chi connectivity index (χ4n) is 3.50. The van der Waals surface area contributed by atoms with Gasteiger partial charge in [-0.1, -0.05) is 54.9 Å². The van der Waals surface area contributed by atoms with Crippen molar-refractivity contribution >= 4 is 39.2 Å². The summed E-state index contributed by atoms with van der Waals surface area (Å²) >= 11 is 2.63. The van der Waals surface area contributed by atoms with Crippen molar-refractivity contribution in [3.63, 3.8) is 0 Å². The van der Waals surface area contributed by atoms with Gasteiger partial charge in [0.05, 0.1) is 10.6 Å². The Kier molecular flexibility index (Phi) is 5.41. The monoisotopic (exact) mass is 414 g/mol. The van der Waals surface area contributed by atoms with E-state index in [2.05, 4.69) is 10.3 Å². The number of hydrogen-bond donors (Lipinski definition) is 2. The van der Waals surface area contributed by atoms with Crippen molar-refractivity contribution in [2.24, 2.45) is 0 Å². The van der Waals surface area contributed by atoms with Crippen LogP contribution in [0.2, 0.25) is 0 Å². The Bertz CT molecular complexity index is 1060. The van der Waals surface area contributed by atoms with Gasteiger partial charge >= 0.3 is 0 Å². The van der Waals surface area contributed by atoms with Crippen LogP contribution in [0.4, 0.5) is 0 Å². The maximum absolute atomic E-state index is 12.9. The lowest BCUT2D eigenvalue weighted by Gasteiger charge is -2.16. The van der Waals surface area contributed by atoms with E-state index in [4.69, 9.17) is 5.84 Å². The van der Waals surface area contributed by atoms with Gasteiger partial charge in [-0.3, -0.25) is 9.59 Å². The molecule has 0 radical (unpaired) electrons. The third-order valence-electron chi connectivity index (χ3n) is 5.05. The van der Waals surface area contributed by atoms with Crippen molar-refractivity contribution in [1.29, 1.82) is 0 Å². The molecule has 3 aromatic rings. The summed E-state index contributed by atoms with van der Waals surface area (Å²) in [7, 11) is 0. The molecule has 146 valence electrons. The average molecular weight is 415 g/mol. The van der Waals surface area contributed by atoms with Gasteiger partial charge in [-0.2, -0.15) is 0 Å². The molecule has 1 atom stereocenters. The van der Waals surface area contributed by atoms with E-state index in [0.717, 1.165) is 41.5 Å². The number of aromatic nitrogens is 2. The molecule has 0 spiro atoms. The van der Waals surface area contributed by atoms with E-state index in [9.17, 15) is 9.59 Å². The Morgan fingerprint density at radius 3 is 2.75 bits per heavy atom. The molecule has 3 N–H and O–H groups in total. The number of carbonyl (C=O) groups excluding carboxylic acids is 1. The molecule has 0 bridgehead atoms. The number of fused-ring (bicyclic) bond motifs is 1. The minimum absolute atomic E-state index is 0.0394. The van der Waals surface area contributed by atoms with E-state index in [1.807, 2.05) is 42.6 Å². The molecule has 1 amide bonds. The first-order chi connectivity index (χ1) is 13.5. The lowest BCUT2D eigenvalue weighted by atomic mass is 10.1. The van der Waals surface area contributed by atoms with Gasteiger partial charge in [-0.05, 0) is 25.3 Å². The molecule has 6 nitrogen and oxygen atoms in total. The van der Waals surface area contributed by atoms with Crippen LogP contribution in [0, 0.1) is 0 Å². The molecule has 1 saturated carbocycles. The van der Waals surface area contributed by atoms with Crippen LogP contribution in [0.1, 0.15) is 32.6 Å². The molecule has 1 fully saturated rings. The van der Waals surface area contributed by atoms with Gasteiger partial charge in [0.25, 0.3) is 5.56 Å². The third kappa shape index (κ3) is 3.66. The molecule has 2 heterocycles. The minimum Gasteiger partial charge on any atom is -0.352 e. The summed E-state index contributed by atoms with van der Waals surface area (Å²) in [5.74, 6) is 6.02. The minimum atomic E-state index is -0.381. The topological polar surface area (TPSA) is 90.0 Å². The summed E-state index contributed by atoms with van der Waals surface area (Å²) in [4.78, 5) is 30.6. The number of nitrogen functional groups attached to an aromatic ring is 1. The molecule has 8 heteroatoms. The number of benzene rings is 1. The number of rotatable bonds is 5. The molecule has 2 aromatic heterocycles. The summed E-state index contributed by atoms with van der Waals surface area (Å²) in [5, 5.41) is 5.51. The van der Waals surface area contributed by atoms with Crippen molar-refractivity contribution in [1.82, 2.24) is 15.0 Å². The molecular formula is C20H22N4O2S2. The van der Waals surface area contributed by atoms with Crippen LogP contribution in [-0.2, 0) is 4.79 Å². The number of nitrogens with zero attached hydrogens (tertiary/aromatic N) is 2. The van der Waals surface area contributed by atoms with Gasteiger partial charge in [-0.15, -0.1) is 11.3 Å². The maximum atomic E-state index is 12.9. The van der Waals surface area contributed by atoms with Crippen molar-refractivity contribution in [2.75, 3.05) is 5.84 Å². The highest BCUT2D eigenvalue weighted by Crippen LogP contribution is 2.32. The smallest absolute Gasteiger partial charge is 0.282 e. The van der Waals surface area contributed by atoms with Crippen LogP contribution in [0.3, 0.4) is 0 Å². The first-order valence-corrected chi connectivity index (χ1v) is 11.1. The highest BCUT2D eigenvalue weighted by Gasteiger charge is 2.24. The van der Waals surface area contributed by atoms with Crippen molar-refractivity contribution < 1.29 is 4.79 Å². The first-order valence-electron chi connectivity index (χ1n) is 9.36. The van der Waals surface area contributed by atoms with Crippen molar-refractivity contribution in [3.05, 3.63) is 46.1 Å². The van der Waals surface area contributed by atoms with E-state index < -0.39 is 0 Å². The standard InChI is InChI=1S/C20H22N4O2S2/c1-12(17(25)22-14-9-5-6-10-14)28-20-23-18-16(19(26)24(20)21)15(11-27-18)13-7-3-2-4-8-13/h2-4,7-8,11-12,14H,5-6,9-10,21H2,1H3,(H,22,25)/t12-/m1/s1. The first kappa shape index (κ1) is 19.0. The molecule has 1 aliphatic carbocycles. The van der Waals surface area contributed by atoms with Crippen LogP contribution in [0.15, 0.2) is 45.7 Å². The van der Waals surface area contributed by atoms with Gasteiger partial charge in [0.2, 0.25) is 5.91 Å². The van der Waals surface area contributed by atoms with Gasteiger partial charge in [-0.25, -0.2) is 9.66 Å². The Morgan fingerprint density at radius 1 is 1.32 bits per heavy atom. The number of amides is 1. The summed E-state index contributed by atoms with van der Waals surface area (Å²) in [6.45, 7) is 1.81. The van der Waals surface area contributed by atoms with E-state index in [-0.39, 0.29) is 22.8 Å². The number of thiophene rings is 1. The number of nitrogens with one attached hydrogen (secondary N) is 1. The van der Waals surface area contributed by atoms with Crippen LogP contribution in [0.5, 0.6) is 0 Å². The largest absolute Gasteiger partial charge is 0.352 e. The summed E-state index contributed by atoms with van der Waals surface area (Å²) in [6, 6.07) is 9.98.